The molecule has 0 heterocycles. The molecule has 0 radical (unpaired) electrons. The Bertz CT molecular complexity index is 534. The summed E-state index contributed by atoms with van der Waals surface area (Å²) in [5, 5.41) is 16.0. The van der Waals surface area contributed by atoms with Gasteiger partial charge in [0.05, 0.1) is 15.6 Å². The molecule has 0 aliphatic heterocycles. The van der Waals surface area contributed by atoms with Crippen LogP contribution >= 0.6 is 23.8 Å². The first-order valence-corrected chi connectivity index (χ1v) is 6.15. The molecule has 0 saturated carbocycles. The summed E-state index contributed by atoms with van der Waals surface area (Å²) in [4.78, 5) is 21.4. The number of anilines is 1. The molecule has 1 amide bonds. The van der Waals surface area contributed by atoms with Crippen LogP contribution in [0.3, 0.4) is 0 Å². The van der Waals surface area contributed by atoms with Gasteiger partial charge in [-0.3, -0.25) is 14.9 Å². The van der Waals surface area contributed by atoms with Crippen LogP contribution < -0.4 is 10.6 Å². The number of nitro benzene ring substituents is 1. The highest BCUT2D eigenvalue weighted by Gasteiger charge is 2.12. The summed E-state index contributed by atoms with van der Waals surface area (Å²) in [7, 11) is 0. The average molecular weight is 302 g/mol. The largest absolute Gasteiger partial charge is 0.331 e. The van der Waals surface area contributed by atoms with E-state index >= 15 is 0 Å². The van der Waals surface area contributed by atoms with E-state index in [2.05, 4.69) is 10.6 Å². The van der Waals surface area contributed by atoms with Gasteiger partial charge in [0.15, 0.2) is 5.11 Å². The Kier molecular flexibility index (Phi) is 5.20. The van der Waals surface area contributed by atoms with Gasteiger partial charge in [0.1, 0.15) is 0 Å². The maximum absolute atomic E-state index is 11.4. The molecule has 1 aromatic carbocycles. The fraction of sp³-hybridized carbons (Fsp3) is 0.273. The first kappa shape index (κ1) is 15.3. The normalized spacial score (nSPS) is 10.1. The number of halogens is 1. The molecule has 0 atom stereocenters. The van der Waals surface area contributed by atoms with E-state index in [1.54, 1.807) is 13.8 Å². The second-order valence-corrected chi connectivity index (χ2v) is 4.83. The number of rotatable bonds is 3. The lowest BCUT2D eigenvalue weighted by atomic mass is 10.2. The summed E-state index contributed by atoms with van der Waals surface area (Å²) in [5.41, 5.74) is 0.272. The molecule has 0 unspecified atom stereocenters. The molecular formula is C11H12ClN3O3S. The van der Waals surface area contributed by atoms with Crippen LogP contribution in [0.4, 0.5) is 11.4 Å². The Morgan fingerprint density at radius 2 is 2.11 bits per heavy atom. The van der Waals surface area contributed by atoms with Gasteiger partial charge in [-0.1, -0.05) is 25.4 Å². The predicted molar refractivity (Wildman–Crippen MR) is 77.3 cm³/mol. The third kappa shape index (κ3) is 4.46. The maximum atomic E-state index is 11.4. The van der Waals surface area contributed by atoms with Crippen LogP contribution in [0.15, 0.2) is 18.2 Å². The van der Waals surface area contributed by atoms with Crippen molar-refractivity contribution in [2.24, 2.45) is 5.92 Å². The van der Waals surface area contributed by atoms with E-state index in [9.17, 15) is 14.9 Å². The summed E-state index contributed by atoms with van der Waals surface area (Å²) in [6.45, 7) is 3.47. The van der Waals surface area contributed by atoms with Crippen molar-refractivity contribution in [1.82, 2.24) is 5.32 Å². The molecule has 0 aliphatic rings. The third-order valence-electron chi connectivity index (χ3n) is 2.17. The Hall–Kier alpha value is -1.73. The van der Waals surface area contributed by atoms with E-state index in [0.717, 1.165) is 0 Å². The second kappa shape index (κ2) is 6.44. The Labute approximate surface area is 120 Å². The van der Waals surface area contributed by atoms with E-state index < -0.39 is 4.92 Å². The molecule has 0 spiro atoms. The van der Waals surface area contributed by atoms with E-state index in [4.69, 9.17) is 23.8 Å². The van der Waals surface area contributed by atoms with E-state index in [1.807, 2.05) is 0 Å². The monoisotopic (exact) mass is 301 g/mol. The highest BCUT2D eigenvalue weighted by Crippen LogP contribution is 2.26. The molecule has 0 bridgehead atoms. The molecule has 0 aromatic heterocycles. The quantitative estimate of drug-likeness (QED) is 0.509. The second-order valence-electron chi connectivity index (χ2n) is 4.02. The van der Waals surface area contributed by atoms with Crippen LogP contribution in [0.5, 0.6) is 0 Å². The number of amides is 1. The van der Waals surface area contributed by atoms with Crippen LogP contribution in [0.2, 0.25) is 5.02 Å². The predicted octanol–water partition coefficient (Wildman–Crippen LogP) is 2.72. The minimum atomic E-state index is -0.547. The molecule has 6 nitrogen and oxygen atoms in total. The van der Waals surface area contributed by atoms with Gasteiger partial charge >= 0.3 is 0 Å². The number of benzene rings is 1. The van der Waals surface area contributed by atoms with Gasteiger partial charge in [0.2, 0.25) is 5.91 Å². The lowest BCUT2D eigenvalue weighted by molar-refractivity contribution is -0.384. The van der Waals surface area contributed by atoms with Crippen molar-refractivity contribution < 1.29 is 9.72 Å². The zero-order chi connectivity index (χ0) is 14.6. The highest BCUT2D eigenvalue weighted by molar-refractivity contribution is 7.80. The summed E-state index contributed by atoms with van der Waals surface area (Å²) in [6, 6.07) is 3.92. The van der Waals surface area contributed by atoms with Crippen LogP contribution in [0, 0.1) is 16.0 Å². The van der Waals surface area contributed by atoms with Crippen LogP contribution in [-0.2, 0) is 4.79 Å². The SMILES string of the molecule is CC(C)C(=O)NC(=S)Nc1ccc([N+](=O)[O-])cc1Cl. The third-order valence-corrected chi connectivity index (χ3v) is 2.69. The number of hydrogen-bond donors (Lipinski definition) is 2. The highest BCUT2D eigenvalue weighted by atomic mass is 35.5. The van der Waals surface area contributed by atoms with Crippen molar-refractivity contribution in [3.63, 3.8) is 0 Å². The maximum Gasteiger partial charge on any atom is 0.271 e. The molecule has 1 aromatic rings. The summed E-state index contributed by atoms with van der Waals surface area (Å²) < 4.78 is 0. The number of nitro groups is 1. The molecule has 2 N–H and O–H groups in total. The van der Waals surface area contributed by atoms with Crippen molar-refractivity contribution in [2.45, 2.75) is 13.8 Å². The van der Waals surface area contributed by atoms with Gasteiger partial charge < -0.3 is 10.6 Å². The minimum Gasteiger partial charge on any atom is -0.331 e. The standard InChI is InChI=1S/C11H12ClN3O3S/c1-6(2)10(16)14-11(19)13-9-4-3-7(15(17)18)5-8(9)12/h3-6H,1-2H3,(H2,13,14,16,19). The van der Waals surface area contributed by atoms with Crippen molar-refractivity contribution in [2.75, 3.05) is 5.32 Å². The Balaban J connectivity index is 2.75. The lowest BCUT2D eigenvalue weighted by Gasteiger charge is -2.11. The number of nitrogens with one attached hydrogen (secondary N) is 2. The van der Waals surface area contributed by atoms with Gasteiger partial charge in [-0.2, -0.15) is 0 Å². The molecule has 0 saturated heterocycles. The van der Waals surface area contributed by atoms with E-state index in [1.165, 1.54) is 18.2 Å². The lowest BCUT2D eigenvalue weighted by Crippen LogP contribution is -2.36. The van der Waals surface area contributed by atoms with Gasteiger partial charge in [-0.05, 0) is 18.3 Å². The summed E-state index contributed by atoms with van der Waals surface area (Å²) >= 11 is 10.8. The van der Waals surface area contributed by atoms with Crippen molar-refractivity contribution in [3.8, 4) is 0 Å². The smallest absolute Gasteiger partial charge is 0.271 e. The fourth-order valence-corrected chi connectivity index (χ4v) is 1.56. The van der Waals surface area contributed by atoms with Gasteiger partial charge in [0.25, 0.3) is 5.69 Å². The van der Waals surface area contributed by atoms with Gasteiger partial charge in [0, 0.05) is 18.1 Å². The molecule has 102 valence electrons. The van der Waals surface area contributed by atoms with E-state index in [0.29, 0.717) is 5.69 Å². The van der Waals surface area contributed by atoms with Crippen LogP contribution in [0.1, 0.15) is 13.8 Å². The molecule has 8 heteroatoms. The fourth-order valence-electron chi connectivity index (χ4n) is 1.13. The number of nitrogens with zero attached hydrogens (tertiary/aromatic N) is 1. The average Bonchev–Trinajstić information content (AvgIpc) is 2.31. The first-order chi connectivity index (χ1) is 8.81. The summed E-state index contributed by atoms with van der Waals surface area (Å²) in [6.07, 6.45) is 0. The summed E-state index contributed by atoms with van der Waals surface area (Å²) in [5.74, 6) is -0.428. The van der Waals surface area contributed by atoms with Gasteiger partial charge in [-0.15, -0.1) is 0 Å². The van der Waals surface area contributed by atoms with Crippen LogP contribution in [0.25, 0.3) is 0 Å². The minimum absolute atomic E-state index is 0.0921. The number of hydrogen-bond acceptors (Lipinski definition) is 4. The Morgan fingerprint density at radius 3 is 2.58 bits per heavy atom. The first-order valence-electron chi connectivity index (χ1n) is 5.37. The number of thiocarbonyl (C=S) groups is 1. The number of non-ortho nitro benzene ring substituents is 1. The van der Waals surface area contributed by atoms with Crippen molar-refractivity contribution >= 4 is 46.2 Å². The van der Waals surface area contributed by atoms with E-state index in [-0.39, 0.29) is 27.6 Å². The van der Waals surface area contributed by atoms with Crippen molar-refractivity contribution in [3.05, 3.63) is 33.3 Å². The number of carbonyl (C=O) groups excluding carboxylic acids is 1. The molecule has 1 rings (SSSR count). The molecule has 0 fully saturated rings. The molecular weight excluding hydrogens is 290 g/mol. The molecule has 0 aliphatic carbocycles. The zero-order valence-corrected chi connectivity index (χ0v) is 11.8. The number of carbonyl (C=O) groups is 1. The van der Waals surface area contributed by atoms with Crippen LogP contribution in [-0.4, -0.2) is 15.9 Å². The molecule has 19 heavy (non-hydrogen) atoms. The zero-order valence-electron chi connectivity index (χ0n) is 10.3. The topological polar surface area (TPSA) is 84.3 Å². The van der Waals surface area contributed by atoms with Crippen molar-refractivity contribution in [1.29, 1.82) is 0 Å². The van der Waals surface area contributed by atoms with Gasteiger partial charge in [-0.25, -0.2) is 0 Å². The Morgan fingerprint density at radius 1 is 1.47 bits per heavy atom.